The Morgan fingerprint density at radius 1 is 1.11 bits per heavy atom. The minimum Gasteiger partial charge on any atom is -0.478 e. The second-order valence-electron chi connectivity index (χ2n) is 5.27. The SMILES string of the molecule is C=C(C)C(=O)O.C=C(CCCNC(C)(C)C)C(=O)O. The van der Waals surface area contributed by atoms with Gasteiger partial charge in [-0.3, -0.25) is 0 Å². The van der Waals surface area contributed by atoms with E-state index in [1.165, 1.54) is 6.92 Å². The number of hydrogen-bond donors (Lipinski definition) is 3. The molecule has 0 heterocycles. The van der Waals surface area contributed by atoms with Gasteiger partial charge in [0.25, 0.3) is 0 Å². The zero-order valence-corrected chi connectivity index (χ0v) is 12.2. The summed E-state index contributed by atoms with van der Waals surface area (Å²) in [5, 5.41) is 19.7. The van der Waals surface area contributed by atoms with Crippen LogP contribution in [0, 0.1) is 0 Å². The first-order chi connectivity index (χ1) is 8.47. The molecular formula is C14H25NO4. The van der Waals surface area contributed by atoms with Crippen LogP contribution in [-0.2, 0) is 9.59 Å². The second kappa shape index (κ2) is 9.33. The minimum absolute atomic E-state index is 0.102. The summed E-state index contributed by atoms with van der Waals surface area (Å²) in [5.74, 6) is -1.83. The van der Waals surface area contributed by atoms with Gasteiger partial charge >= 0.3 is 11.9 Å². The summed E-state index contributed by atoms with van der Waals surface area (Å²) < 4.78 is 0. The highest BCUT2D eigenvalue weighted by atomic mass is 16.4. The molecule has 0 aromatic carbocycles. The largest absolute Gasteiger partial charge is 0.478 e. The third-order valence-corrected chi connectivity index (χ3v) is 1.98. The third kappa shape index (κ3) is 16.4. The quantitative estimate of drug-likeness (QED) is 0.510. The molecule has 19 heavy (non-hydrogen) atoms. The average Bonchev–Trinajstić information content (AvgIpc) is 2.23. The van der Waals surface area contributed by atoms with E-state index in [0.29, 0.717) is 6.42 Å². The van der Waals surface area contributed by atoms with E-state index >= 15 is 0 Å². The zero-order valence-electron chi connectivity index (χ0n) is 12.2. The lowest BCUT2D eigenvalue weighted by molar-refractivity contribution is -0.133. The highest BCUT2D eigenvalue weighted by Crippen LogP contribution is 2.03. The number of aliphatic carboxylic acids is 2. The van der Waals surface area contributed by atoms with E-state index in [9.17, 15) is 9.59 Å². The summed E-state index contributed by atoms with van der Waals surface area (Å²) in [6, 6.07) is 0. The van der Waals surface area contributed by atoms with Gasteiger partial charge in [0.15, 0.2) is 0 Å². The Morgan fingerprint density at radius 3 is 1.79 bits per heavy atom. The number of hydrogen-bond acceptors (Lipinski definition) is 3. The van der Waals surface area contributed by atoms with Gasteiger partial charge in [-0.1, -0.05) is 13.2 Å². The molecule has 0 atom stereocenters. The number of carbonyl (C=O) groups is 2. The van der Waals surface area contributed by atoms with Crippen LogP contribution >= 0.6 is 0 Å². The van der Waals surface area contributed by atoms with Crippen molar-refractivity contribution in [2.24, 2.45) is 0 Å². The Hall–Kier alpha value is -1.62. The molecule has 0 bridgehead atoms. The monoisotopic (exact) mass is 271 g/mol. The Kier molecular flexibility index (Phi) is 9.68. The zero-order chi connectivity index (χ0) is 15.6. The lowest BCUT2D eigenvalue weighted by atomic mass is 10.1. The summed E-state index contributed by atoms with van der Waals surface area (Å²) in [5.41, 5.74) is 0.565. The van der Waals surface area contributed by atoms with Crippen molar-refractivity contribution in [3.8, 4) is 0 Å². The summed E-state index contributed by atoms with van der Waals surface area (Å²) in [6.45, 7) is 15.1. The highest BCUT2D eigenvalue weighted by Gasteiger charge is 2.08. The van der Waals surface area contributed by atoms with Crippen LogP contribution in [-0.4, -0.2) is 34.2 Å². The first kappa shape index (κ1) is 19.7. The fraction of sp³-hybridized carbons (Fsp3) is 0.571. The van der Waals surface area contributed by atoms with Crippen LogP contribution < -0.4 is 5.32 Å². The van der Waals surface area contributed by atoms with E-state index in [-0.39, 0.29) is 16.7 Å². The van der Waals surface area contributed by atoms with E-state index in [0.717, 1.165) is 13.0 Å². The molecule has 0 rings (SSSR count). The van der Waals surface area contributed by atoms with Crippen molar-refractivity contribution in [3.63, 3.8) is 0 Å². The number of carboxylic acid groups (broad SMARTS) is 2. The van der Waals surface area contributed by atoms with Crippen LogP contribution in [0.2, 0.25) is 0 Å². The van der Waals surface area contributed by atoms with Crippen LogP contribution in [0.25, 0.3) is 0 Å². The van der Waals surface area contributed by atoms with E-state index < -0.39 is 11.9 Å². The maximum Gasteiger partial charge on any atom is 0.330 e. The molecule has 5 nitrogen and oxygen atoms in total. The van der Waals surface area contributed by atoms with Crippen LogP contribution in [0.4, 0.5) is 0 Å². The Bertz CT molecular complexity index is 328. The molecule has 0 aliphatic heterocycles. The standard InChI is InChI=1S/C10H19NO2.C4H6O2/c1-8(9(12)13)6-5-7-11-10(2,3)4;1-3(2)4(5)6/h11H,1,5-7H2,2-4H3,(H,12,13);1H2,2H3,(H,5,6). The van der Waals surface area contributed by atoms with Crippen molar-refractivity contribution in [3.05, 3.63) is 24.3 Å². The molecule has 0 aromatic heterocycles. The number of rotatable bonds is 6. The van der Waals surface area contributed by atoms with E-state index in [4.69, 9.17) is 10.2 Å². The predicted octanol–water partition coefficient (Wildman–Crippen LogP) is 2.44. The van der Waals surface area contributed by atoms with Crippen molar-refractivity contribution in [2.45, 2.75) is 46.1 Å². The van der Waals surface area contributed by atoms with Gasteiger partial charge in [0.2, 0.25) is 0 Å². The number of carboxylic acids is 2. The predicted molar refractivity (Wildman–Crippen MR) is 76.2 cm³/mol. The maximum atomic E-state index is 10.4. The van der Waals surface area contributed by atoms with Crippen LogP contribution in [0.3, 0.4) is 0 Å². The molecule has 0 spiro atoms. The molecule has 0 aliphatic rings. The van der Waals surface area contributed by atoms with Gasteiger partial charge in [-0.25, -0.2) is 9.59 Å². The number of nitrogens with one attached hydrogen (secondary N) is 1. The molecule has 0 saturated heterocycles. The van der Waals surface area contributed by atoms with Crippen molar-refractivity contribution >= 4 is 11.9 Å². The molecule has 0 fully saturated rings. The highest BCUT2D eigenvalue weighted by molar-refractivity contribution is 5.85. The van der Waals surface area contributed by atoms with Crippen molar-refractivity contribution in [2.75, 3.05) is 6.54 Å². The molecular weight excluding hydrogens is 246 g/mol. The lowest BCUT2D eigenvalue weighted by Crippen LogP contribution is -2.36. The summed E-state index contributed by atoms with van der Waals surface area (Å²) in [4.78, 5) is 20.0. The van der Waals surface area contributed by atoms with Crippen LogP contribution in [0.1, 0.15) is 40.5 Å². The molecule has 110 valence electrons. The van der Waals surface area contributed by atoms with Gasteiger partial charge in [0.05, 0.1) is 0 Å². The molecule has 0 aliphatic carbocycles. The Balaban J connectivity index is 0. The van der Waals surface area contributed by atoms with Crippen LogP contribution in [0.15, 0.2) is 24.3 Å². The molecule has 3 N–H and O–H groups in total. The van der Waals surface area contributed by atoms with Gasteiger partial charge in [-0.05, 0) is 47.1 Å². The van der Waals surface area contributed by atoms with Gasteiger partial charge in [0.1, 0.15) is 0 Å². The van der Waals surface area contributed by atoms with Gasteiger partial charge < -0.3 is 15.5 Å². The van der Waals surface area contributed by atoms with Gasteiger partial charge in [0, 0.05) is 16.7 Å². The molecule has 5 heteroatoms. The third-order valence-electron chi connectivity index (χ3n) is 1.98. The van der Waals surface area contributed by atoms with Crippen molar-refractivity contribution < 1.29 is 19.8 Å². The summed E-state index contributed by atoms with van der Waals surface area (Å²) in [6.07, 6.45) is 1.38. The second-order valence-corrected chi connectivity index (χ2v) is 5.27. The van der Waals surface area contributed by atoms with Gasteiger partial charge in [-0.2, -0.15) is 0 Å². The minimum atomic E-state index is -0.935. The Labute approximate surface area is 115 Å². The van der Waals surface area contributed by atoms with Crippen molar-refractivity contribution in [1.29, 1.82) is 0 Å². The van der Waals surface area contributed by atoms with E-state index in [1.807, 2.05) is 0 Å². The fourth-order valence-corrected chi connectivity index (χ4v) is 0.872. The smallest absolute Gasteiger partial charge is 0.330 e. The maximum absolute atomic E-state index is 10.4. The first-order valence-electron chi connectivity index (χ1n) is 6.02. The molecule has 0 unspecified atom stereocenters. The fourth-order valence-electron chi connectivity index (χ4n) is 0.872. The van der Waals surface area contributed by atoms with E-state index in [1.54, 1.807) is 0 Å². The average molecular weight is 271 g/mol. The molecule has 0 saturated carbocycles. The topological polar surface area (TPSA) is 86.6 Å². The normalized spacial score (nSPS) is 10.1. The van der Waals surface area contributed by atoms with Crippen molar-refractivity contribution in [1.82, 2.24) is 5.32 Å². The molecule has 0 radical (unpaired) electrons. The summed E-state index contributed by atoms with van der Waals surface area (Å²) in [7, 11) is 0. The summed E-state index contributed by atoms with van der Waals surface area (Å²) >= 11 is 0. The van der Waals surface area contributed by atoms with Gasteiger partial charge in [-0.15, -0.1) is 0 Å². The van der Waals surface area contributed by atoms with E-state index in [2.05, 4.69) is 39.2 Å². The molecule has 0 aromatic rings. The molecule has 0 amide bonds. The first-order valence-corrected chi connectivity index (χ1v) is 6.02. The van der Waals surface area contributed by atoms with Crippen LogP contribution in [0.5, 0.6) is 0 Å². The lowest BCUT2D eigenvalue weighted by Gasteiger charge is -2.20. The Morgan fingerprint density at radius 2 is 1.53 bits per heavy atom.